The number of sulfonamides is 1. The standard InChI is InChI=1S/C22H17ClFN3O2S/c1-25-30(28,29)21-5-3-2-4-17(21)15-7-10-19-20(12-15)27-22(26-19)11-8-14-6-9-16(23)13-18(14)24/h2-13,25H,1H3,(H,26,27). The zero-order valence-corrected chi connectivity index (χ0v) is 17.4. The van der Waals surface area contributed by atoms with E-state index in [9.17, 15) is 12.8 Å². The van der Waals surface area contributed by atoms with E-state index in [-0.39, 0.29) is 4.90 Å². The summed E-state index contributed by atoms with van der Waals surface area (Å²) in [5.41, 5.74) is 3.17. The molecule has 0 aliphatic rings. The lowest BCUT2D eigenvalue weighted by Gasteiger charge is -2.09. The molecule has 0 fully saturated rings. The van der Waals surface area contributed by atoms with Gasteiger partial charge >= 0.3 is 0 Å². The fraction of sp³-hybridized carbons (Fsp3) is 0.0455. The van der Waals surface area contributed by atoms with Crippen molar-refractivity contribution in [2.75, 3.05) is 7.05 Å². The smallest absolute Gasteiger partial charge is 0.240 e. The predicted molar refractivity (Wildman–Crippen MR) is 118 cm³/mol. The molecule has 0 amide bonds. The van der Waals surface area contributed by atoms with E-state index in [1.165, 1.54) is 13.1 Å². The van der Waals surface area contributed by atoms with Crippen molar-refractivity contribution < 1.29 is 12.8 Å². The summed E-state index contributed by atoms with van der Waals surface area (Å²) in [7, 11) is -2.22. The maximum Gasteiger partial charge on any atom is 0.240 e. The first kappa shape index (κ1) is 20.3. The highest BCUT2D eigenvalue weighted by molar-refractivity contribution is 7.89. The molecule has 1 heterocycles. The number of fused-ring (bicyclic) bond motifs is 1. The molecule has 0 saturated heterocycles. The number of aromatic amines is 1. The van der Waals surface area contributed by atoms with Crippen molar-refractivity contribution in [3.05, 3.63) is 82.9 Å². The number of rotatable bonds is 5. The van der Waals surface area contributed by atoms with Crippen molar-refractivity contribution in [1.82, 2.24) is 14.7 Å². The van der Waals surface area contributed by atoms with Crippen molar-refractivity contribution in [3.8, 4) is 11.1 Å². The van der Waals surface area contributed by atoms with Gasteiger partial charge in [-0.2, -0.15) is 0 Å². The molecule has 0 aliphatic carbocycles. The average molecular weight is 442 g/mol. The summed E-state index contributed by atoms with van der Waals surface area (Å²) in [6.45, 7) is 0. The van der Waals surface area contributed by atoms with Crippen molar-refractivity contribution in [1.29, 1.82) is 0 Å². The SMILES string of the molecule is CNS(=O)(=O)c1ccccc1-c1ccc2nc(C=Cc3ccc(Cl)cc3F)[nH]c2c1. The Morgan fingerprint density at radius 2 is 1.87 bits per heavy atom. The van der Waals surface area contributed by atoms with E-state index in [0.29, 0.717) is 27.5 Å². The number of hydrogen-bond acceptors (Lipinski definition) is 3. The van der Waals surface area contributed by atoms with Gasteiger partial charge in [0.2, 0.25) is 10.0 Å². The van der Waals surface area contributed by atoms with Crippen LogP contribution in [0.2, 0.25) is 5.02 Å². The minimum Gasteiger partial charge on any atom is -0.338 e. The van der Waals surface area contributed by atoms with Crippen LogP contribution in [0.15, 0.2) is 65.6 Å². The summed E-state index contributed by atoms with van der Waals surface area (Å²) in [6.07, 6.45) is 3.28. The number of H-pyrrole nitrogens is 1. The van der Waals surface area contributed by atoms with E-state index in [0.717, 1.165) is 11.1 Å². The summed E-state index contributed by atoms with van der Waals surface area (Å²) in [5.74, 6) is 0.132. The second-order valence-electron chi connectivity index (χ2n) is 6.56. The van der Waals surface area contributed by atoms with E-state index in [2.05, 4.69) is 14.7 Å². The number of imidazole rings is 1. The Kier molecular flexibility index (Phi) is 5.42. The van der Waals surface area contributed by atoms with Crippen molar-refractivity contribution in [2.24, 2.45) is 0 Å². The average Bonchev–Trinajstić information content (AvgIpc) is 3.15. The third-order valence-electron chi connectivity index (χ3n) is 4.64. The van der Waals surface area contributed by atoms with E-state index < -0.39 is 15.8 Å². The summed E-state index contributed by atoms with van der Waals surface area (Å²) < 4.78 is 41.0. The van der Waals surface area contributed by atoms with E-state index in [1.807, 2.05) is 18.2 Å². The molecule has 4 aromatic rings. The van der Waals surface area contributed by atoms with Gasteiger partial charge in [0.25, 0.3) is 0 Å². The number of hydrogen-bond donors (Lipinski definition) is 2. The van der Waals surface area contributed by atoms with E-state index >= 15 is 0 Å². The Bertz CT molecular complexity index is 1380. The van der Waals surface area contributed by atoms with Gasteiger partial charge in [-0.3, -0.25) is 0 Å². The fourth-order valence-corrected chi connectivity index (χ4v) is 4.24. The van der Waals surface area contributed by atoms with Gasteiger partial charge in [0.15, 0.2) is 0 Å². The lowest BCUT2D eigenvalue weighted by molar-refractivity contribution is 0.588. The molecule has 0 atom stereocenters. The minimum atomic E-state index is -3.60. The summed E-state index contributed by atoms with van der Waals surface area (Å²) in [4.78, 5) is 7.84. The maximum absolute atomic E-state index is 13.9. The highest BCUT2D eigenvalue weighted by atomic mass is 35.5. The molecule has 152 valence electrons. The molecule has 1 aromatic heterocycles. The van der Waals surface area contributed by atoms with Gasteiger partial charge in [-0.25, -0.2) is 22.5 Å². The Hall–Kier alpha value is -3.00. The van der Waals surface area contributed by atoms with Crippen LogP contribution in [0.5, 0.6) is 0 Å². The molecule has 2 N–H and O–H groups in total. The molecule has 8 heteroatoms. The van der Waals surface area contributed by atoms with Gasteiger partial charge in [0.05, 0.1) is 15.9 Å². The minimum absolute atomic E-state index is 0.199. The first-order valence-corrected chi connectivity index (χ1v) is 10.9. The monoisotopic (exact) mass is 441 g/mol. The Labute approximate surface area is 178 Å². The Morgan fingerprint density at radius 1 is 1.07 bits per heavy atom. The number of nitrogens with zero attached hydrogens (tertiary/aromatic N) is 1. The molecular formula is C22H17ClFN3O2S. The van der Waals surface area contributed by atoms with Crippen LogP contribution >= 0.6 is 11.6 Å². The van der Waals surface area contributed by atoms with Crippen LogP contribution in [-0.2, 0) is 10.0 Å². The number of benzene rings is 3. The zero-order chi connectivity index (χ0) is 21.3. The van der Waals surface area contributed by atoms with E-state index in [4.69, 9.17) is 11.6 Å². The van der Waals surface area contributed by atoms with E-state index in [1.54, 1.807) is 48.6 Å². The van der Waals surface area contributed by atoms with Crippen molar-refractivity contribution in [3.63, 3.8) is 0 Å². The summed E-state index contributed by atoms with van der Waals surface area (Å²) in [6, 6.07) is 16.7. The topological polar surface area (TPSA) is 74.8 Å². The second kappa shape index (κ2) is 8.02. The maximum atomic E-state index is 13.9. The predicted octanol–water partition coefficient (Wildman–Crippen LogP) is 5.10. The lowest BCUT2D eigenvalue weighted by Crippen LogP contribution is -2.19. The molecular weight excluding hydrogens is 425 g/mol. The quantitative estimate of drug-likeness (QED) is 0.452. The van der Waals surface area contributed by atoms with Crippen LogP contribution in [0, 0.1) is 5.82 Å². The van der Waals surface area contributed by atoms with Crippen LogP contribution in [0.3, 0.4) is 0 Å². The molecule has 0 unspecified atom stereocenters. The highest BCUT2D eigenvalue weighted by Gasteiger charge is 2.17. The second-order valence-corrected chi connectivity index (χ2v) is 8.85. The zero-order valence-electron chi connectivity index (χ0n) is 15.9. The molecule has 30 heavy (non-hydrogen) atoms. The van der Waals surface area contributed by atoms with Crippen molar-refractivity contribution in [2.45, 2.75) is 4.90 Å². The molecule has 0 saturated carbocycles. The Balaban J connectivity index is 1.71. The molecule has 4 rings (SSSR count). The van der Waals surface area contributed by atoms with Crippen LogP contribution in [0.1, 0.15) is 11.4 Å². The van der Waals surface area contributed by atoms with Gasteiger partial charge in [-0.1, -0.05) is 41.9 Å². The lowest BCUT2D eigenvalue weighted by atomic mass is 10.1. The summed E-state index contributed by atoms with van der Waals surface area (Å²) >= 11 is 5.78. The normalized spacial score (nSPS) is 12.1. The van der Waals surface area contributed by atoms with Gasteiger partial charge in [0.1, 0.15) is 11.6 Å². The van der Waals surface area contributed by atoms with Gasteiger partial charge in [0, 0.05) is 16.1 Å². The molecule has 0 aliphatic heterocycles. The van der Waals surface area contributed by atoms with Crippen molar-refractivity contribution >= 4 is 44.8 Å². The van der Waals surface area contributed by atoms with Crippen LogP contribution < -0.4 is 4.72 Å². The van der Waals surface area contributed by atoms with Gasteiger partial charge in [-0.15, -0.1) is 0 Å². The summed E-state index contributed by atoms with van der Waals surface area (Å²) in [5, 5.41) is 0.335. The molecule has 0 spiro atoms. The number of aromatic nitrogens is 2. The number of halogens is 2. The highest BCUT2D eigenvalue weighted by Crippen LogP contribution is 2.29. The molecule has 5 nitrogen and oxygen atoms in total. The Morgan fingerprint density at radius 3 is 2.63 bits per heavy atom. The molecule has 0 radical (unpaired) electrons. The van der Waals surface area contributed by atoms with Crippen LogP contribution in [-0.4, -0.2) is 25.4 Å². The largest absolute Gasteiger partial charge is 0.338 e. The van der Waals surface area contributed by atoms with Crippen LogP contribution in [0.25, 0.3) is 34.3 Å². The van der Waals surface area contributed by atoms with Gasteiger partial charge in [-0.05, 0) is 55.1 Å². The molecule has 3 aromatic carbocycles. The van der Waals surface area contributed by atoms with Gasteiger partial charge < -0.3 is 4.98 Å². The third-order valence-corrected chi connectivity index (χ3v) is 6.35. The third kappa shape index (κ3) is 4.00. The number of nitrogens with one attached hydrogen (secondary N) is 2. The fourth-order valence-electron chi connectivity index (χ4n) is 3.13. The molecule has 0 bridgehead atoms. The first-order chi connectivity index (χ1) is 14.4. The first-order valence-electron chi connectivity index (χ1n) is 9.03. The van der Waals surface area contributed by atoms with Crippen LogP contribution in [0.4, 0.5) is 4.39 Å².